The number of rotatable bonds is 10. The molecule has 3 rings (SSSR count). The molecule has 1 amide bonds. The average molecular weight is 447 g/mol. The van der Waals surface area contributed by atoms with E-state index in [4.69, 9.17) is 5.26 Å². The molecule has 0 unspecified atom stereocenters. The van der Waals surface area contributed by atoms with E-state index in [1.807, 2.05) is 19.9 Å². The van der Waals surface area contributed by atoms with Gasteiger partial charge in [0, 0.05) is 43.6 Å². The lowest BCUT2D eigenvalue weighted by molar-refractivity contribution is 0.0765. The van der Waals surface area contributed by atoms with Crippen LogP contribution in [0.25, 0.3) is 11.4 Å². The quantitative estimate of drug-likeness (QED) is 0.431. The lowest BCUT2D eigenvalue weighted by Crippen LogP contribution is -2.37. The summed E-state index contributed by atoms with van der Waals surface area (Å²) in [7, 11) is 0. The third kappa shape index (κ3) is 5.96. The zero-order valence-corrected chi connectivity index (χ0v) is 19.3. The molecule has 0 radical (unpaired) electrons. The first-order valence-corrected chi connectivity index (χ1v) is 11.2. The summed E-state index contributed by atoms with van der Waals surface area (Å²) >= 11 is 0. The number of carbonyl (C=O) groups excluding carboxylic acids is 1. The molecule has 2 aromatic heterocycles. The Morgan fingerprint density at radius 1 is 1.33 bits per heavy atom. The Labute approximate surface area is 193 Å². The summed E-state index contributed by atoms with van der Waals surface area (Å²) in [5, 5.41) is 15.4. The highest BCUT2D eigenvalue weighted by Gasteiger charge is 2.21. The lowest BCUT2D eigenvalue weighted by Gasteiger charge is -2.21. The summed E-state index contributed by atoms with van der Waals surface area (Å²) in [6.45, 7) is 7.62. The van der Waals surface area contributed by atoms with E-state index in [1.54, 1.807) is 48.4 Å². The van der Waals surface area contributed by atoms with Crippen LogP contribution in [0.5, 0.6) is 0 Å². The van der Waals surface area contributed by atoms with Gasteiger partial charge in [0.25, 0.3) is 11.5 Å². The fourth-order valence-corrected chi connectivity index (χ4v) is 3.39. The third-order valence-electron chi connectivity index (χ3n) is 5.56. The van der Waals surface area contributed by atoms with Crippen molar-refractivity contribution in [1.29, 1.82) is 5.26 Å². The first kappa shape index (κ1) is 24.0. The number of nitrogens with one attached hydrogen (secondary N) is 2. The van der Waals surface area contributed by atoms with E-state index in [0.29, 0.717) is 47.2 Å². The predicted molar refractivity (Wildman–Crippen MR) is 129 cm³/mol. The van der Waals surface area contributed by atoms with Gasteiger partial charge in [-0.2, -0.15) is 5.26 Å². The standard InChI is InChI=1S/C25H30N6O2/c1-4-18(15-26)7-8-19(5-2)22-17-29-31(25(22)33)23-12-9-20(16-28-23)24(32)30(6-3)14-13-27-21-10-11-21/h4-5,7-9,12,16-17,21,27,29H,6,10-11,13-14H2,1-3H3/b8-7-,18-4-,19-5-. The average Bonchev–Trinajstić information content (AvgIpc) is 3.60. The van der Waals surface area contributed by atoms with Gasteiger partial charge in [0.05, 0.1) is 17.2 Å². The van der Waals surface area contributed by atoms with Crippen LogP contribution in [0.2, 0.25) is 0 Å². The molecule has 0 atom stereocenters. The monoisotopic (exact) mass is 446 g/mol. The molecule has 8 heteroatoms. The van der Waals surface area contributed by atoms with E-state index in [0.717, 1.165) is 6.54 Å². The van der Waals surface area contributed by atoms with Crippen LogP contribution in [0.15, 0.2) is 59.2 Å². The SMILES string of the molecule is C/C=C(C#N)/C=C\C(=C\C)c1c[nH]n(-c2ccc(C(=O)N(CC)CCNC3CC3)cn2)c1=O. The number of aromatic nitrogens is 3. The number of hydrogen-bond donors (Lipinski definition) is 2. The van der Waals surface area contributed by atoms with Crippen molar-refractivity contribution >= 4 is 11.5 Å². The molecule has 8 nitrogen and oxygen atoms in total. The Morgan fingerprint density at radius 2 is 2.12 bits per heavy atom. The zero-order valence-electron chi connectivity index (χ0n) is 19.3. The highest BCUT2D eigenvalue weighted by Crippen LogP contribution is 2.18. The van der Waals surface area contributed by atoms with Gasteiger partial charge in [0.15, 0.2) is 5.82 Å². The Hall–Kier alpha value is -3.70. The van der Waals surface area contributed by atoms with Gasteiger partial charge < -0.3 is 10.2 Å². The number of aromatic amines is 1. The number of nitriles is 1. The fraction of sp³-hybridized carbons (Fsp3) is 0.360. The fourth-order valence-electron chi connectivity index (χ4n) is 3.39. The maximum atomic E-state index is 13.0. The number of nitrogens with zero attached hydrogens (tertiary/aromatic N) is 4. The Bertz CT molecular complexity index is 1160. The number of allylic oxidation sites excluding steroid dienone is 6. The Balaban J connectivity index is 1.74. The first-order chi connectivity index (χ1) is 16.0. The van der Waals surface area contributed by atoms with Crippen LogP contribution in [0, 0.1) is 11.3 Å². The van der Waals surface area contributed by atoms with Crippen molar-refractivity contribution in [2.45, 2.75) is 39.7 Å². The predicted octanol–water partition coefficient (Wildman–Crippen LogP) is 3.20. The molecule has 172 valence electrons. The molecule has 2 heterocycles. The van der Waals surface area contributed by atoms with E-state index >= 15 is 0 Å². The molecule has 0 saturated heterocycles. The third-order valence-corrected chi connectivity index (χ3v) is 5.56. The molecule has 0 spiro atoms. The number of likely N-dealkylation sites (N-methyl/N-ethyl adjacent to an activating group) is 1. The van der Waals surface area contributed by atoms with Gasteiger partial charge in [-0.15, -0.1) is 0 Å². The van der Waals surface area contributed by atoms with Gasteiger partial charge in [0.1, 0.15) is 0 Å². The summed E-state index contributed by atoms with van der Waals surface area (Å²) in [6.07, 6.45) is 12.5. The topological polar surface area (TPSA) is 107 Å². The molecule has 1 fully saturated rings. The second-order valence-corrected chi connectivity index (χ2v) is 7.78. The second-order valence-electron chi connectivity index (χ2n) is 7.78. The van der Waals surface area contributed by atoms with Crippen molar-refractivity contribution in [3.8, 4) is 11.9 Å². The number of carbonyl (C=O) groups is 1. The molecule has 1 saturated carbocycles. The summed E-state index contributed by atoms with van der Waals surface area (Å²) < 4.78 is 1.33. The van der Waals surface area contributed by atoms with E-state index in [9.17, 15) is 9.59 Å². The first-order valence-electron chi connectivity index (χ1n) is 11.2. The molecule has 33 heavy (non-hydrogen) atoms. The van der Waals surface area contributed by atoms with Crippen LogP contribution in [0.3, 0.4) is 0 Å². The maximum absolute atomic E-state index is 13.0. The molecular weight excluding hydrogens is 416 g/mol. The van der Waals surface area contributed by atoms with Crippen molar-refractivity contribution in [3.63, 3.8) is 0 Å². The van der Waals surface area contributed by atoms with Crippen molar-refractivity contribution in [1.82, 2.24) is 25.0 Å². The zero-order chi connectivity index (χ0) is 23.8. The largest absolute Gasteiger partial charge is 0.338 e. The van der Waals surface area contributed by atoms with Crippen LogP contribution in [0.4, 0.5) is 0 Å². The smallest absolute Gasteiger partial charge is 0.280 e. The van der Waals surface area contributed by atoms with Crippen LogP contribution in [-0.2, 0) is 0 Å². The number of pyridine rings is 1. The van der Waals surface area contributed by atoms with E-state index in [2.05, 4.69) is 21.5 Å². The lowest BCUT2D eigenvalue weighted by atomic mass is 10.1. The van der Waals surface area contributed by atoms with E-state index in [-0.39, 0.29) is 11.5 Å². The van der Waals surface area contributed by atoms with Crippen molar-refractivity contribution < 1.29 is 4.79 Å². The molecule has 1 aliphatic rings. The number of H-pyrrole nitrogens is 1. The number of amides is 1. The molecular formula is C25H30N6O2. The highest BCUT2D eigenvalue weighted by molar-refractivity contribution is 5.94. The van der Waals surface area contributed by atoms with Crippen LogP contribution < -0.4 is 10.9 Å². The minimum Gasteiger partial charge on any atom is -0.338 e. The summed E-state index contributed by atoms with van der Waals surface area (Å²) in [4.78, 5) is 31.9. The van der Waals surface area contributed by atoms with Crippen LogP contribution in [0.1, 0.15) is 49.5 Å². The van der Waals surface area contributed by atoms with Gasteiger partial charge in [-0.25, -0.2) is 9.67 Å². The summed E-state index contributed by atoms with van der Waals surface area (Å²) in [5.41, 5.74) is 1.88. The molecule has 0 aliphatic heterocycles. The van der Waals surface area contributed by atoms with Gasteiger partial charge in [-0.05, 0) is 57.4 Å². The number of hydrogen-bond acceptors (Lipinski definition) is 5. The van der Waals surface area contributed by atoms with Gasteiger partial charge >= 0.3 is 0 Å². The highest BCUT2D eigenvalue weighted by atomic mass is 16.2. The van der Waals surface area contributed by atoms with Crippen LogP contribution >= 0.6 is 0 Å². The molecule has 2 N–H and O–H groups in total. The van der Waals surface area contributed by atoms with E-state index in [1.165, 1.54) is 23.7 Å². The normalized spacial score (nSPS) is 14.5. The molecule has 0 aromatic carbocycles. The van der Waals surface area contributed by atoms with Gasteiger partial charge in [-0.3, -0.25) is 14.7 Å². The van der Waals surface area contributed by atoms with Crippen LogP contribution in [-0.4, -0.2) is 51.2 Å². The van der Waals surface area contributed by atoms with Gasteiger partial charge in [-0.1, -0.05) is 18.2 Å². The van der Waals surface area contributed by atoms with E-state index < -0.39 is 0 Å². The molecule has 2 aromatic rings. The second kappa shape index (κ2) is 11.2. The summed E-state index contributed by atoms with van der Waals surface area (Å²) in [6, 6.07) is 6.04. The minimum absolute atomic E-state index is 0.0766. The van der Waals surface area contributed by atoms with Gasteiger partial charge in [0.2, 0.25) is 0 Å². The summed E-state index contributed by atoms with van der Waals surface area (Å²) in [5.74, 6) is 0.319. The Morgan fingerprint density at radius 3 is 2.70 bits per heavy atom. The van der Waals surface area contributed by atoms with Crippen molar-refractivity contribution in [2.24, 2.45) is 0 Å². The molecule has 1 aliphatic carbocycles. The molecule has 0 bridgehead atoms. The maximum Gasteiger partial charge on any atom is 0.280 e. The minimum atomic E-state index is -0.264. The Kier molecular flexibility index (Phi) is 8.17. The van der Waals surface area contributed by atoms with Crippen molar-refractivity contribution in [2.75, 3.05) is 19.6 Å². The van der Waals surface area contributed by atoms with Crippen molar-refractivity contribution in [3.05, 3.63) is 75.9 Å².